The fraction of sp³-hybridized carbons (Fsp3) is 0.136. The molecule has 1 amide bonds. The van der Waals surface area contributed by atoms with Crippen LogP contribution in [0.4, 0.5) is 15.9 Å². The summed E-state index contributed by atoms with van der Waals surface area (Å²) in [5.74, 6) is -0.213. The molecule has 5 nitrogen and oxygen atoms in total. The lowest BCUT2D eigenvalue weighted by Crippen LogP contribution is -2.53. The van der Waals surface area contributed by atoms with Crippen molar-refractivity contribution in [2.45, 2.75) is 13.1 Å². The van der Waals surface area contributed by atoms with Crippen molar-refractivity contribution in [3.63, 3.8) is 0 Å². The van der Waals surface area contributed by atoms with Gasteiger partial charge in [0.15, 0.2) is 5.69 Å². The zero-order chi connectivity index (χ0) is 19.9. The maximum absolute atomic E-state index is 14.6. The predicted molar refractivity (Wildman–Crippen MR) is 108 cm³/mol. The van der Waals surface area contributed by atoms with Crippen LogP contribution in [0, 0.1) is 12.7 Å². The number of nitrogens with zero attached hydrogens (tertiary/aromatic N) is 3. The molecule has 0 saturated heterocycles. The predicted octanol–water partition coefficient (Wildman–Crippen LogP) is 3.46. The molecule has 4 rings (SSSR count). The molecule has 0 bridgehead atoms. The summed E-state index contributed by atoms with van der Waals surface area (Å²) in [5, 5.41) is 0. The number of aromatic nitrogens is 1. The first-order valence-corrected chi connectivity index (χ1v) is 8.95. The van der Waals surface area contributed by atoms with Crippen molar-refractivity contribution in [1.29, 1.82) is 0 Å². The lowest BCUT2D eigenvalue weighted by atomic mass is 9.99. The molecule has 28 heavy (non-hydrogen) atoms. The lowest BCUT2D eigenvalue weighted by Gasteiger charge is -2.30. The van der Waals surface area contributed by atoms with Crippen molar-refractivity contribution < 1.29 is 9.18 Å². The highest BCUT2D eigenvalue weighted by Crippen LogP contribution is 2.38. The van der Waals surface area contributed by atoms with Gasteiger partial charge in [0.2, 0.25) is 12.0 Å². The summed E-state index contributed by atoms with van der Waals surface area (Å²) in [6.45, 7) is 1.94. The molecule has 1 aromatic heterocycles. The average Bonchev–Trinajstić information content (AvgIpc) is 2.78. The van der Waals surface area contributed by atoms with E-state index in [1.807, 2.05) is 43.3 Å². The SMILES string of the molecule is Cc1ccnc([N+]2(C)C(=O)C(N)N=C(c3ccccc3F)c3ccccc32)c1. The standard InChI is InChI=1S/C22H20FN4O/c1-14-11-12-25-19(13-14)27(2)18-10-6-4-8-16(18)20(26-21(24)22(27)28)15-7-3-5-9-17(15)23/h3-13,21H,24H2,1-2H3/q+1. The van der Waals surface area contributed by atoms with E-state index in [9.17, 15) is 9.18 Å². The Labute approximate surface area is 162 Å². The highest BCUT2D eigenvalue weighted by atomic mass is 19.1. The van der Waals surface area contributed by atoms with Gasteiger partial charge in [-0.1, -0.05) is 24.3 Å². The summed E-state index contributed by atoms with van der Waals surface area (Å²) in [5.41, 5.74) is 9.14. The van der Waals surface area contributed by atoms with Gasteiger partial charge in [-0.3, -0.25) is 10.7 Å². The van der Waals surface area contributed by atoms with Crippen LogP contribution >= 0.6 is 0 Å². The Balaban J connectivity index is 2.03. The number of halogens is 1. The van der Waals surface area contributed by atoms with E-state index in [2.05, 4.69) is 9.98 Å². The van der Waals surface area contributed by atoms with Crippen molar-refractivity contribution in [2.75, 3.05) is 7.05 Å². The zero-order valence-corrected chi connectivity index (χ0v) is 15.6. The first-order chi connectivity index (χ1) is 13.4. The van der Waals surface area contributed by atoms with Crippen LogP contribution in [0.1, 0.15) is 16.7 Å². The van der Waals surface area contributed by atoms with Gasteiger partial charge in [0, 0.05) is 23.9 Å². The van der Waals surface area contributed by atoms with Gasteiger partial charge in [0.25, 0.3) is 0 Å². The number of amides is 1. The van der Waals surface area contributed by atoms with E-state index in [1.54, 1.807) is 31.4 Å². The van der Waals surface area contributed by atoms with Crippen molar-refractivity contribution in [3.8, 4) is 0 Å². The summed E-state index contributed by atoms with van der Waals surface area (Å²) in [6, 6.07) is 17.4. The fourth-order valence-electron chi connectivity index (χ4n) is 3.58. The molecule has 0 aliphatic carbocycles. The number of fused-ring (bicyclic) bond motifs is 1. The lowest BCUT2D eigenvalue weighted by molar-refractivity contribution is -0.127. The number of aryl methyl sites for hydroxylation is 1. The van der Waals surface area contributed by atoms with E-state index in [4.69, 9.17) is 5.73 Å². The van der Waals surface area contributed by atoms with Gasteiger partial charge >= 0.3 is 5.91 Å². The van der Waals surface area contributed by atoms with Crippen molar-refractivity contribution in [3.05, 3.63) is 89.4 Å². The average molecular weight is 375 g/mol. The van der Waals surface area contributed by atoms with E-state index in [0.29, 0.717) is 28.3 Å². The quantitative estimate of drug-likeness (QED) is 0.698. The molecular formula is C22H20FN4O+. The van der Waals surface area contributed by atoms with Crippen LogP contribution in [-0.4, -0.2) is 29.8 Å². The molecule has 0 spiro atoms. The van der Waals surface area contributed by atoms with Crippen LogP contribution in [0.3, 0.4) is 0 Å². The van der Waals surface area contributed by atoms with Crippen LogP contribution in [0.15, 0.2) is 71.9 Å². The number of nitrogens with two attached hydrogens (primary N) is 1. The van der Waals surface area contributed by atoms with Gasteiger partial charge in [-0.2, -0.15) is 4.48 Å². The number of benzene rings is 2. The van der Waals surface area contributed by atoms with Crippen LogP contribution in [-0.2, 0) is 4.79 Å². The van der Waals surface area contributed by atoms with E-state index in [0.717, 1.165) is 5.56 Å². The number of hydrogen-bond acceptors (Lipinski definition) is 4. The third-order valence-electron chi connectivity index (χ3n) is 5.09. The number of hydrogen-bond donors (Lipinski definition) is 1. The Morgan fingerprint density at radius 2 is 1.71 bits per heavy atom. The molecule has 0 radical (unpaired) electrons. The smallest absolute Gasteiger partial charge is 0.298 e. The number of quaternary nitrogens is 1. The van der Waals surface area contributed by atoms with E-state index >= 15 is 0 Å². The minimum atomic E-state index is -1.16. The molecule has 0 fully saturated rings. The van der Waals surface area contributed by atoms with Crippen molar-refractivity contribution in [1.82, 2.24) is 9.47 Å². The van der Waals surface area contributed by atoms with Crippen LogP contribution in [0.25, 0.3) is 0 Å². The van der Waals surface area contributed by atoms with E-state index in [-0.39, 0.29) is 10.4 Å². The molecule has 1 aliphatic rings. The molecule has 3 aromatic rings. The van der Waals surface area contributed by atoms with Gasteiger partial charge in [-0.25, -0.2) is 14.2 Å². The normalized spacial score (nSPS) is 21.6. The molecular weight excluding hydrogens is 355 g/mol. The highest BCUT2D eigenvalue weighted by molar-refractivity contribution is 6.19. The van der Waals surface area contributed by atoms with Gasteiger partial charge in [-0.05, 0) is 36.8 Å². The Hall–Kier alpha value is -3.22. The first kappa shape index (κ1) is 18.2. The van der Waals surface area contributed by atoms with Gasteiger partial charge in [0.05, 0.1) is 18.3 Å². The number of carbonyl (C=O) groups is 1. The molecule has 2 unspecified atom stereocenters. The largest absolute Gasteiger partial charge is 0.363 e. The second kappa shape index (κ2) is 6.74. The van der Waals surface area contributed by atoms with E-state index in [1.165, 1.54) is 6.07 Å². The summed E-state index contributed by atoms with van der Waals surface area (Å²) in [6.07, 6.45) is 0.508. The molecule has 6 heteroatoms. The van der Waals surface area contributed by atoms with Crippen LogP contribution in [0.2, 0.25) is 0 Å². The maximum Gasteiger partial charge on any atom is 0.363 e. The molecule has 2 N–H and O–H groups in total. The van der Waals surface area contributed by atoms with E-state index < -0.39 is 12.0 Å². The Kier molecular flexibility index (Phi) is 4.37. The second-order valence-electron chi connectivity index (χ2n) is 6.96. The van der Waals surface area contributed by atoms with Crippen LogP contribution in [0.5, 0.6) is 0 Å². The Bertz CT molecular complexity index is 1110. The minimum absolute atomic E-state index is 0.250. The van der Waals surface area contributed by atoms with Gasteiger partial charge < -0.3 is 0 Å². The van der Waals surface area contributed by atoms with Gasteiger partial charge in [0.1, 0.15) is 5.82 Å². The maximum atomic E-state index is 14.6. The first-order valence-electron chi connectivity index (χ1n) is 8.95. The topological polar surface area (TPSA) is 68.3 Å². The third kappa shape index (κ3) is 2.74. The molecule has 2 aromatic carbocycles. The number of aliphatic imine (C=N–C) groups is 1. The number of rotatable bonds is 2. The highest BCUT2D eigenvalue weighted by Gasteiger charge is 2.46. The minimum Gasteiger partial charge on any atom is -0.298 e. The Morgan fingerprint density at radius 1 is 1.04 bits per heavy atom. The second-order valence-corrected chi connectivity index (χ2v) is 6.96. The van der Waals surface area contributed by atoms with Crippen LogP contribution < -0.4 is 10.2 Å². The summed E-state index contributed by atoms with van der Waals surface area (Å²) in [4.78, 5) is 22.3. The number of para-hydroxylation sites is 1. The molecule has 1 aliphatic heterocycles. The summed E-state index contributed by atoms with van der Waals surface area (Å²) >= 11 is 0. The molecule has 2 heterocycles. The monoisotopic (exact) mass is 375 g/mol. The van der Waals surface area contributed by atoms with Gasteiger partial charge in [-0.15, -0.1) is 0 Å². The Morgan fingerprint density at radius 3 is 2.43 bits per heavy atom. The zero-order valence-electron chi connectivity index (χ0n) is 15.6. The molecule has 2 atom stereocenters. The number of likely N-dealkylation sites (N-methyl/N-ethyl adjacent to an activating group) is 1. The molecule has 140 valence electrons. The number of pyridine rings is 1. The molecule has 0 saturated carbocycles. The fourth-order valence-corrected chi connectivity index (χ4v) is 3.58. The van der Waals surface area contributed by atoms with Crippen molar-refractivity contribution in [2.24, 2.45) is 10.7 Å². The number of benzodiazepines with no additional fused rings is 1. The third-order valence-corrected chi connectivity index (χ3v) is 5.09. The summed E-state index contributed by atoms with van der Waals surface area (Å²) in [7, 11) is 1.75. The van der Waals surface area contributed by atoms with Crippen molar-refractivity contribution >= 4 is 23.1 Å². The number of carbonyl (C=O) groups excluding carboxylic acids is 1. The summed E-state index contributed by atoms with van der Waals surface area (Å²) < 4.78 is 14.3.